The lowest BCUT2D eigenvalue weighted by Gasteiger charge is -2.22. The van der Waals surface area contributed by atoms with Crippen molar-refractivity contribution < 1.29 is 24.5 Å². The van der Waals surface area contributed by atoms with Crippen molar-refractivity contribution in [2.45, 2.75) is 360 Å². The topological polar surface area (TPSA) is 95.9 Å². The molecule has 0 aliphatic carbocycles. The second-order valence-corrected chi connectivity index (χ2v) is 21.7. The van der Waals surface area contributed by atoms with Crippen LogP contribution in [0.4, 0.5) is 0 Å². The molecule has 0 aromatic carbocycles. The molecular formula is C64H123NO5. The lowest BCUT2D eigenvalue weighted by molar-refractivity contribution is -0.143. The van der Waals surface area contributed by atoms with E-state index >= 15 is 0 Å². The number of carbonyl (C=O) groups is 2. The third kappa shape index (κ3) is 55.7. The molecule has 3 N–H and O–H groups in total. The smallest absolute Gasteiger partial charge is 0.305 e. The van der Waals surface area contributed by atoms with Gasteiger partial charge in [0.05, 0.1) is 25.4 Å². The van der Waals surface area contributed by atoms with E-state index in [1.807, 2.05) is 0 Å². The molecule has 0 aliphatic rings. The summed E-state index contributed by atoms with van der Waals surface area (Å²) in [5.41, 5.74) is 0. The van der Waals surface area contributed by atoms with Gasteiger partial charge in [0.15, 0.2) is 0 Å². The number of aliphatic hydroxyl groups excluding tert-OH is 2. The maximum absolute atomic E-state index is 12.5. The zero-order valence-electron chi connectivity index (χ0n) is 47.3. The molecule has 0 spiro atoms. The van der Waals surface area contributed by atoms with E-state index in [-0.39, 0.29) is 18.5 Å². The van der Waals surface area contributed by atoms with Gasteiger partial charge in [-0.15, -0.1) is 0 Å². The van der Waals surface area contributed by atoms with Crippen LogP contribution in [0.15, 0.2) is 24.3 Å². The fraction of sp³-hybridized carbons (Fsp3) is 0.906. The highest BCUT2D eigenvalue weighted by atomic mass is 16.5. The molecule has 0 bridgehead atoms. The van der Waals surface area contributed by atoms with E-state index in [0.717, 1.165) is 44.9 Å². The van der Waals surface area contributed by atoms with Crippen LogP contribution >= 0.6 is 0 Å². The number of allylic oxidation sites excluding steroid dienone is 4. The quantitative estimate of drug-likeness (QED) is 0.0321. The van der Waals surface area contributed by atoms with Gasteiger partial charge in [0.1, 0.15) is 0 Å². The Balaban J connectivity index is 3.38. The van der Waals surface area contributed by atoms with E-state index in [9.17, 15) is 19.8 Å². The molecule has 0 rings (SSSR count). The van der Waals surface area contributed by atoms with Gasteiger partial charge in [0, 0.05) is 12.8 Å². The summed E-state index contributed by atoms with van der Waals surface area (Å²) in [6, 6.07) is -0.543. The first-order valence-corrected chi connectivity index (χ1v) is 31.6. The highest BCUT2D eigenvalue weighted by Gasteiger charge is 2.20. The number of ether oxygens (including phenoxy) is 1. The van der Waals surface area contributed by atoms with Crippen molar-refractivity contribution in [2.75, 3.05) is 13.2 Å². The Morgan fingerprint density at radius 3 is 1.01 bits per heavy atom. The van der Waals surface area contributed by atoms with Gasteiger partial charge in [-0.2, -0.15) is 0 Å². The van der Waals surface area contributed by atoms with Gasteiger partial charge in [-0.3, -0.25) is 9.59 Å². The number of hydrogen-bond acceptors (Lipinski definition) is 5. The zero-order valence-corrected chi connectivity index (χ0v) is 47.3. The van der Waals surface area contributed by atoms with Crippen molar-refractivity contribution in [3.05, 3.63) is 24.3 Å². The molecule has 2 unspecified atom stereocenters. The fourth-order valence-corrected chi connectivity index (χ4v) is 9.87. The van der Waals surface area contributed by atoms with Gasteiger partial charge >= 0.3 is 5.97 Å². The van der Waals surface area contributed by atoms with Crippen LogP contribution in [0.5, 0.6) is 0 Å². The van der Waals surface area contributed by atoms with Crippen molar-refractivity contribution in [2.24, 2.45) is 0 Å². The van der Waals surface area contributed by atoms with Crippen LogP contribution in [-0.2, 0) is 14.3 Å². The maximum atomic E-state index is 12.5. The Kier molecular flexibility index (Phi) is 58.5. The Bertz CT molecular complexity index is 1090. The molecule has 0 saturated carbocycles. The predicted molar refractivity (Wildman–Crippen MR) is 306 cm³/mol. The SMILES string of the molecule is CCCCCCCC/C=C\CCCCCCCC(=O)OCCCCCCCCCCCCCC/C=C\CCCCCCCCCCCC(=O)NC(CO)C(O)CCCCCCCCCCCCCCC. The molecule has 6 heteroatoms. The van der Waals surface area contributed by atoms with Gasteiger partial charge in [0.2, 0.25) is 5.91 Å². The summed E-state index contributed by atoms with van der Waals surface area (Å²) >= 11 is 0. The summed E-state index contributed by atoms with van der Waals surface area (Å²) in [5.74, 6) is -0.0311. The van der Waals surface area contributed by atoms with Crippen LogP contribution in [0, 0.1) is 0 Å². The summed E-state index contributed by atoms with van der Waals surface area (Å²) in [6.45, 7) is 4.96. The molecule has 6 nitrogen and oxygen atoms in total. The van der Waals surface area contributed by atoms with E-state index in [1.165, 1.54) is 270 Å². The number of rotatable bonds is 59. The number of nitrogens with one attached hydrogen (secondary N) is 1. The molecule has 0 aromatic heterocycles. The first kappa shape index (κ1) is 68.3. The van der Waals surface area contributed by atoms with Crippen LogP contribution in [-0.4, -0.2) is 47.4 Å². The van der Waals surface area contributed by atoms with Gasteiger partial charge in [-0.1, -0.05) is 282 Å². The van der Waals surface area contributed by atoms with E-state index in [0.29, 0.717) is 25.9 Å². The molecular weight excluding hydrogens is 863 g/mol. The van der Waals surface area contributed by atoms with E-state index in [2.05, 4.69) is 43.5 Å². The minimum absolute atomic E-state index is 0.00586. The van der Waals surface area contributed by atoms with Crippen molar-refractivity contribution in [1.29, 1.82) is 0 Å². The predicted octanol–water partition coefficient (Wildman–Crippen LogP) is 19.8. The molecule has 0 aliphatic heterocycles. The number of aliphatic hydroxyl groups is 2. The second kappa shape index (κ2) is 59.9. The molecule has 0 aromatic rings. The lowest BCUT2D eigenvalue weighted by atomic mass is 10.0. The molecule has 70 heavy (non-hydrogen) atoms. The fourth-order valence-electron chi connectivity index (χ4n) is 9.87. The minimum Gasteiger partial charge on any atom is -0.466 e. The van der Waals surface area contributed by atoms with E-state index in [4.69, 9.17) is 4.74 Å². The third-order valence-corrected chi connectivity index (χ3v) is 14.7. The van der Waals surface area contributed by atoms with E-state index in [1.54, 1.807) is 0 Å². The summed E-state index contributed by atoms with van der Waals surface area (Å²) in [7, 11) is 0. The molecule has 1 amide bonds. The van der Waals surface area contributed by atoms with Crippen LogP contribution in [0.1, 0.15) is 348 Å². The standard InChI is InChI=1S/C64H123NO5/c1-3-5-7-9-11-13-15-17-29-34-38-42-46-50-54-58-64(69)70-59-55-51-47-43-39-35-31-28-26-24-22-20-18-19-21-23-25-27-30-33-37-41-45-49-53-57-63(68)65-61(60-66)62(67)56-52-48-44-40-36-32-16-14-12-10-8-6-4-2/h17,19,21,29,61-62,66-67H,3-16,18,20,22-28,30-60H2,1-2H3,(H,65,68)/b21-19-,29-17-. The van der Waals surface area contributed by atoms with Crippen molar-refractivity contribution in [3.8, 4) is 0 Å². The van der Waals surface area contributed by atoms with Crippen LogP contribution in [0.2, 0.25) is 0 Å². The van der Waals surface area contributed by atoms with Crippen LogP contribution in [0.3, 0.4) is 0 Å². The Hall–Kier alpha value is -1.66. The maximum Gasteiger partial charge on any atom is 0.305 e. The van der Waals surface area contributed by atoms with Crippen molar-refractivity contribution in [1.82, 2.24) is 5.32 Å². The summed E-state index contributed by atoms with van der Waals surface area (Å²) in [5, 5.41) is 23.2. The zero-order chi connectivity index (χ0) is 50.7. The normalized spacial score (nSPS) is 12.7. The van der Waals surface area contributed by atoms with Crippen LogP contribution < -0.4 is 5.32 Å². The second-order valence-electron chi connectivity index (χ2n) is 21.7. The highest BCUT2D eigenvalue weighted by Crippen LogP contribution is 2.17. The van der Waals surface area contributed by atoms with Gasteiger partial charge in [-0.25, -0.2) is 0 Å². The summed E-state index contributed by atoms with van der Waals surface area (Å²) < 4.78 is 5.48. The minimum atomic E-state index is -0.665. The number of unbranched alkanes of at least 4 members (excludes halogenated alkanes) is 44. The average molecular weight is 987 g/mol. The largest absolute Gasteiger partial charge is 0.466 e. The van der Waals surface area contributed by atoms with Crippen molar-refractivity contribution in [3.63, 3.8) is 0 Å². The monoisotopic (exact) mass is 986 g/mol. The number of esters is 1. The number of carbonyl (C=O) groups excluding carboxylic acids is 2. The summed E-state index contributed by atoms with van der Waals surface area (Å²) in [6.07, 6.45) is 73.4. The third-order valence-electron chi connectivity index (χ3n) is 14.7. The Morgan fingerprint density at radius 1 is 0.386 bits per heavy atom. The lowest BCUT2D eigenvalue weighted by Crippen LogP contribution is -2.45. The number of hydrogen-bond donors (Lipinski definition) is 3. The first-order valence-electron chi connectivity index (χ1n) is 31.6. The molecule has 0 saturated heterocycles. The summed E-state index contributed by atoms with van der Waals surface area (Å²) in [4.78, 5) is 24.5. The molecule has 2 atom stereocenters. The van der Waals surface area contributed by atoms with E-state index < -0.39 is 12.1 Å². The molecule has 0 radical (unpaired) electrons. The van der Waals surface area contributed by atoms with Crippen LogP contribution in [0.25, 0.3) is 0 Å². The molecule has 414 valence electrons. The average Bonchev–Trinajstić information content (AvgIpc) is 3.36. The Morgan fingerprint density at radius 2 is 0.671 bits per heavy atom. The number of amides is 1. The molecule has 0 heterocycles. The Labute approximate surface area is 437 Å². The van der Waals surface area contributed by atoms with Gasteiger partial charge < -0.3 is 20.3 Å². The first-order chi connectivity index (χ1) is 34.5. The highest BCUT2D eigenvalue weighted by molar-refractivity contribution is 5.76. The molecule has 0 fully saturated rings. The van der Waals surface area contributed by atoms with Gasteiger partial charge in [0.25, 0.3) is 0 Å². The van der Waals surface area contributed by atoms with Gasteiger partial charge in [-0.05, 0) is 77.0 Å². The van der Waals surface area contributed by atoms with Crippen molar-refractivity contribution >= 4 is 11.9 Å².